The van der Waals surface area contributed by atoms with Gasteiger partial charge in [-0.1, -0.05) is 15.9 Å². The molecule has 1 fully saturated rings. The molecule has 0 aliphatic heterocycles. The van der Waals surface area contributed by atoms with Crippen LogP contribution in [0.15, 0.2) is 22.7 Å². The molecule has 2 rings (SSSR count). The van der Waals surface area contributed by atoms with Crippen molar-refractivity contribution in [1.29, 1.82) is 0 Å². The van der Waals surface area contributed by atoms with Crippen LogP contribution in [0.3, 0.4) is 0 Å². The van der Waals surface area contributed by atoms with E-state index in [1.54, 1.807) is 12.1 Å². The first-order valence-corrected chi connectivity index (χ1v) is 6.47. The molecule has 0 bridgehead atoms. The highest BCUT2D eigenvalue weighted by molar-refractivity contribution is 9.10. The lowest BCUT2D eigenvalue weighted by atomic mass is 9.78. The van der Waals surface area contributed by atoms with Gasteiger partial charge in [-0.3, -0.25) is 10.1 Å². The fourth-order valence-corrected chi connectivity index (χ4v) is 2.47. The van der Waals surface area contributed by atoms with Crippen LogP contribution in [0.25, 0.3) is 0 Å². The van der Waals surface area contributed by atoms with Gasteiger partial charge >= 0.3 is 0 Å². The number of benzene rings is 1. The molecule has 0 aromatic heterocycles. The molecule has 1 aliphatic carbocycles. The largest absolute Gasteiger partial charge is 0.307 e. The van der Waals surface area contributed by atoms with Crippen molar-refractivity contribution in [2.45, 2.75) is 38.3 Å². The Labute approximate surface area is 109 Å². The molecule has 0 atom stereocenters. The Balaban J connectivity index is 2.13. The Hall–Kier alpha value is -0.940. The lowest BCUT2D eigenvalue weighted by Gasteiger charge is -2.39. The molecule has 0 spiro atoms. The molecule has 1 aliphatic rings. The lowest BCUT2D eigenvalue weighted by molar-refractivity contribution is -0.385. The molecule has 0 saturated heterocycles. The zero-order valence-electron chi connectivity index (χ0n) is 9.70. The van der Waals surface area contributed by atoms with Gasteiger partial charge < -0.3 is 5.32 Å². The van der Waals surface area contributed by atoms with Crippen LogP contribution in [0.1, 0.15) is 31.7 Å². The second-order valence-corrected chi connectivity index (χ2v) is 5.71. The SMILES string of the molecule is CC1(NCc2cc(Br)ccc2[N+](=O)[O-])CCC1. The predicted octanol–water partition coefficient (Wildman–Crippen LogP) is 3.39. The van der Waals surface area contributed by atoms with Crippen molar-refractivity contribution < 1.29 is 4.92 Å². The third-order valence-corrected chi connectivity index (χ3v) is 3.89. The van der Waals surface area contributed by atoms with E-state index >= 15 is 0 Å². The number of halogens is 1. The summed E-state index contributed by atoms with van der Waals surface area (Å²) in [6, 6.07) is 5.06. The smallest absolute Gasteiger partial charge is 0.273 e. The molecule has 0 radical (unpaired) electrons. The topological polar surface area (TPSA) is 55.2 Å². The van der Waals surface area contributed by atoms with Crippen LogP contribution in [-0.4, -0.2) is 10.5 Å². The van der Waals surface area contributed by atoms with E-state index in [4.69, 9.17) is 0 Å². The van der Waals surface area contributed by atoms with Crippen LogP contribution < -0.4 is 5.32 Å². The van der Waals surface area contributed by atoms with Gasteiger partial charge in [0.2, 0.25) is 0 Å². The predicted molar refractivity (Wildman–Crippen MR) is 69.9 cm³/mol. The van der Waals surface area contributed by atoms with Crippen LogP contribution in [0.2, 0.25) is 0 Å². The number of nitro benzene ring substituents is 1. The first-order chi connectivity index (χ1) is 8.00. The molecule has 4 nitrogen and oxygen atoms in total. The number of nitro groups is 1. The van der Waals surface area contributed by atoms with Crippen molar-refractivity contribution in [3.05, 3.63) is 38.3 Å². The van der Waals surface area contributed by atoms with Crippen LogP contribution >= 0.6 is 15.9 Å². The van der Waals surface area contributed by atoms with Crippen molar-refractivity contribution in [3.63, 3.8) is 0 Å². The normalized spacial score (nSPS) is 17.5. The molecule has 1 aromatic rings. The van der Waals surface area contributed by atoms with E-state index in [1.165, 1.54) is 6.42 Å². The van der Waals surface area contributed by atoms with Gasteiger partial charge in [-0.25, -0.2) is 0 Å². The fourth-order valence-electron chi connectivity index (χ4n) is 2.07. The van der Waals surface area contributed by atoms with Crippen molar-refractivity contribution in [2.75, 3.05) is 0 Å². The Morgan fingerprint density at radius 2 is 2.24 bits per heavy atom. The molecular weight excluding hydrogens is 284 g/mol. The molecule has 0 amide bonds. The Morgan fingerprint density at radius 3 is 2.76 bits per heavy atom. The highest BCUT2D eigenvalue weighted by Crippen LogP contribution is 2.32. The number of hydrogen-bond acceptors (Lipinski definition) is 3. The van der Waals surface area contributed by atoms with E-state index in [-0.39, 0.29) is 16.1 Å². The zero-order chi connectivity index (χ0) is 12.5. The minimum atomic E-state index is -0.327. The van der Waals surface area contributed by atoms with E-state index in [0.717, 1.165) is 22.9 Å². The molecule has 92 valence electrons. The molecule has 1 saturated carbocycles. The van der Waals surface area contributed by atoms with Gasteiger partial charge in [0.25, 0.3) is 5.69 Å². The van der Waals surface area contributed by atoms with Gasteiger partial charge in [-0.15, -0.1) is 0 Å². The second-order valence-electron chi connectivity index (χ2n) is 4.80. The number of nitrogens with one attached hydrogen (secondary N) is 1. The molecule has 0 unspecified atom stereocenters. The summed E-state index contributed by atoms with van der Waals surface area (Å²) in [6.07, 6.45) is 3.54. The molecule has 1 aromatic carbocycles. The van der Waals surface area contributed by atoms with Crippen LogP contribution in [0.5, 0.6) is 0 Å². The number of nitrogens with zero attached hydrogens (tertiary/aromatic N) is 1. The molecular formula is C12H15BrN2O2. The minimum absolute atomic E-state index is 0.163. The highest BCUT2D eigenvalue weighted by Gasteiger charge is 2.31. The Bertz CT molecular complexity index is 444. The lowest BCUT2D eigenvalue weighted by Crippen LogP contribution is -2.47. The Kier molecular flexibility index (Phi) is 3.49. The summed E-state index contributed by atoms with van der Waals surface area (Å²) in [5.41, 5.74) is 1.08. The van der Waals surface area contributed by atoms with E-state index in [1.807, 2.05) is 6.07 Å². The van der Waals surface area contributed by atoms with Crippen molar-refractivity contribution in [3.8, 4) is 0 Å². The van der Waals surface area contributed by atoms with Gasteiger partial charge in [0.15, 0.2) is 0 Å². The third kappa shape index (κ3) is 2.84. The summed E-state index contributed by atoms with van der Waals surface area (Å²) >= 11 is 3.35. The Morgan fingerprint density at radius 1 is 1.53 bits per heavy atom. The van der Waals surface area contributed by atoms with Crippen molar-refractivity contribution in [2.24, 2.45) is 0 Å². The summed E-state index contributed by atoms with van der Waals surface area (Å²) in [4.78, 5) is 10.6. The standard InChI is InChI=1S/C12H15BrN2O2/c1-12(5-2-6-12)14-8-9-7-10(13)3-4-11(9)15(16)17/h3-4,7,14H,2,5-6,8H2,1H3. The van der Waals surface area contributed by atoms with E-state index in [2.05, 4.69) is 28.2 Å². The van der Waals surface area contributed by atoms with Crippen LogP contribution in [0.4, 0.5) is 5.69 Å². The first-order valence-electron chi connectivity index (χ1n) is 5.68. The highest BCUT2D eigenvalue weighted by atomic mass is 79.9. The average molecular weight is 299 g/mol. The molecule has 1 N–H and O–H groups in total. The summed E-state index contributed by atoms with van der Waals surface area (Å²) in [7, 11) is 0. The average Bonchev–Trinajstić information content (AvgIpc) is 2.23. The summed E-state index contributed by atoms with van der Waals surface area (Å²) in [6.45, 7) is 2.71. The van der Waals surface area contributed by atoms with Gasteiger partial charge in [0.1, 0.15) is 0 Å². The zero-order valence-corrected chi connectivity index (χ0v) is 11.3. The molecule has 5 heteroatoms. The number of rotatable bonds is 4. The summed E-state index contributed by atoms with van der Waals surface area (Å²) in [5.74, 6) is 0. The number of hydrogen-bond donors (Lipinski definition) is 1. The van der Waals surface area contributed by atoms with Crippen molar-refractivity contribution >= 4 is 21.6 Å². The monoisotopic (exact) mass is 298 g/mol. The third-order valence-electron chi connectivity index (χ3n) is 3.40. The minimum Gasteiger partial charge on any atom is -0.307 e. The molecule has 0 heterocycles. The van der Waals surface area contributed by atoms with E-state index in [9.17, 15) is 10.1 Å². The van der Waals surface area contributed by atoms with Gasteiger partial charge in [-0.2, -0.15) is 0 Å². The quantitative estimate of drug-likeness (QED) is 0.685. The van der Waals surface area contributed by atoms with Crippen LogP contribution in [0, 0.1) is 10.1 Å². The first kappa shape index (κ1) is 12.5. The summed E-state index contributed by atoms with van der Waals surface area (Å²) in [5, 5.41) is 14.3. The van der Waals surface area contributed by atoms with Crippen LogP contribution in [-0.2, 0) is 6.54 Å². The van der Waals surface area contributed by atoms with E-state index < -0.39 is 0 Å². The maximum Gasteiger partial charge on any atom is 0.273 e. The fraction of sp³-hybridized carbons (Fsp3) is 0.500. The maximum absolute atomic E-state index is 10.9. The van der Waals surface area contributed by atoms with Gasteiger partial charge in [0, 0.05) is 28.2 Å². The summed E-state index contributed by atoms with van der Waals surface area (Å²) < 4.78 is 0.874. The van der Waals surface area contributed by atoms with Gasteiger partial charge in [-0.05, 0) is 38.3 Å². The van der Waals surface area contributed by atoms with Crippen molar-refractivity contribution in [1.82, 2.24) is 5.32 Å². The second kappa shape index (κ2) is 4.74. The van der Waals surface area contributed by atoms with Gasteiger partial charge in [0.05, 0.1) is 4.92 Å². The van der Waals surface area contributed by atoms with E-state index in [0.29, 0.717) is 6.54 Å². The molecule has 17 heavy (non-hydrogen) atoms. The maximum atomic E-state index is 10.9.